The Labute approximate surface area is 122 Å². The van der Waals surface area contributed by atoms with Crippen LogP contribution in [0.5, 0.6) is 5.75 Å². The number of benzene rings is 1. The van der Waals surface area contributed by atoms with Crippen LogP contribution in [0.4, 0.5) is 0 Å². The summed E-state index contributed by atoms with van der Waals surface area (Å²) in [5.74, 6) is 0.897. The van der Waals surface area contributed by atoms with E-state index in [1.54, 1.807) is 0 Å². The zero-order valence-corrected chi connectivity index (χ0v) is 12.6. The second-order valence-electron chi connectivity index (χ2n) is 4.99. The predicted molar refractivity (Wildman–Crippen MR) is 82.9 cm³/mol. The molecule has 0 bridgehead atoms. The molecule has 4 nitrogen and oxygen atoms in total. The highest BCUT2D eigenvalue weighted by molar-refractivity contribution is 5.29. The van der Waals surface area contributed by atoms with Gasteiger partial charge < -0.3 is 20.9 Å². The highest BCUT2D eigenvalue weighted by Gasteiger charge is 2.14. The van der Waals surface area contributed by atoms with Crippen LogP contribution in [0.3, 0.4) is 0 Å². The lowest BCUT2D eigenvalue weighted by molar-refractivity contribution is 0.255. The lowest BCUT2D eigenvalue weighted by Gasteiger charge is -2.24. The molecule has 2 unspecified atom stereocenters. The standard InChI is InChI=1S/C16H28N2O2/c1-3-11-20-15-7-5-13(6-8-15)16(12-17)18-14(4-2)9-10-19/h5-8,14,16,18-19H,3-4,9-12,17H2,1-2H3. The van der Waals surface area contributed by atoms with Crippen LogP contribution in [-0.2, 0) is 0 Å². The number of hydrogen-bond acceptors (Lipinski definition) is 4. The van der Waals surface area contributed by atoms with Crippen LogP contribution >= 0.6 is 0 Å². The van der Waals surface area contributed by atoms with E-state index < -0.39 is 0 Å². The molecule has 2 atom stereocenters. The van der Waals surface area contributed by atoms with Gasteiger partial charge in [0.15, 0.2) is 0 Å². The van der Waals surface area contributed by atoms with Crippen molar-refractivity contribution < 1.29 is 9.84 Å². The SMILES string of the molecule is CCCOc1ccc(C(CN)NC(CC)CCO)cc1. The van der Waals surface area contributed by atoms with Crippen LogP contribution in [0.2, 0.25) is 0 Å². The molecule has 0 saturated carbocycles. The van der Waals surface area contributed by atoms with Crippen LogP contribution in [0.25, 0.3) is 0 Å². The highest BCUT2D eigenvalue weighted by Crippen LogP contribution is 2.18. The summed E-state index contributed by atoms with van der Waals surface area (Å²) in [6.45, 7) is 5.69. The van der Waals surface area contributed by atoms with Crippen molar-refractivity contribution in [2.24, 2.45) is 5.73 Å². The summed E-state index contributed by atoms with van der Waals surface area (Å²) in [7, 11) is 0. The molecule has 0 spiro atoms. The molecule has 0 aliphatic rings. The molecule has 4 heteroatoms. The summed E-state index contributed by atoms with van der Waals surface area (Å²) in [6, 6.07) is 8.50. The molecule has 0 amide bonds. The molecule has 1 rings (SSSR count). The van der Waals surface area contributed by atoms with Crippen molar-refractivity contribution in [2.45, 2.75) is 45.2 Å². The normalized spacial score (nSPS) is 14.0. The Hall–Kier alpha value is -1.10. The van der Waals surface area contributed by atoms with Gasteiger partial charge in [0.25, 0.3) is 0 Å². The molecule has 0 heterocycles. The summed E-state index contributed by atoms with van der Waals surface area (Å²) in [5, 5.41) is 12.6. The van der Waals surface area contributed by atoms with Crippen LogP contribution in [0.1, 0.15) is 44.7 Å². The maximum Gasteiger partial charge on any atom is 0.119 e. The highest BCUT2D eigenvalue weighted by atomic mass is 16.5. The maximum absolute atomic E-state index is 9.05. The van der Waals surface area contributed by atoms with Crippen molar-refractivity contribution in [2.75, 3.05) is 19.8 Å². The van der Waals surface area contributed by atoms with Crippen molar-refractivity contribution in [1.29, 1.82) is 0 Å². The molecule has 114 valence electrons. The largest absolute Gasteiger partial charge is 0.494 e. The zero-order valence-electron chi connectivity index (χ0n) is 12.6. The predicted octanol–water partition coefficient (Wildman–Crippen LogP) is 2.23. The Morgan fingerprint density at radius 2 is 1.95 bits per heavy atom. The fourth-order valence-electron chi connectivity index (χ4n) is 2.16. The summed E-state index contributed by atoms with van der Waals surface area (Å²) < 4.78 is 5.58. The quantitative estimate of drug-likeness (QED) is 0.615. The van der Waals surface area contributed by atoms with Gasteiger partial charge in [0.2, 0.25) is 0 Å². The molecular weight excluding hydrogens is 252 g/mol. The minimum absolute atomic E-state index is 0.117. The maximum atomic E-state index is 9.05. The Balaban J connectivity index is 2.64. The molecule has 20 heavy (non-hydrogen) atoms. The van der Waals surface area contributed by atoms with Crippen LogP contribution < -0.4 is 15.8 Å². The van der Waals surface area contributed by atoms with Gasteiger partial charge in [-0.1, -0.05) is 26.0 Å². The molecule has 0 fully saturated rings. The van der Waals surface area contributed by atoms with Crippen molar-refractivity contribution >= 4 is 0 Å². The number of ether oxygens (including phenoxy) is 1. The van der Waals surface area contributed by atoms with E-state index in [2.05, 4.69) is 31.3 Å². The van der Waals surface area contributed by atoms with E-state index in [0.717, 1.165) is 37.2 Å². The molecule has 0 aliphatic carbocycles. The molecule has 4 N–H and O–H groups in total. The minimum atomic E-state index is 0.117. The fourth-order valence-corrected chi connectivity index (χ4v) is 2.16. The van der Waals surface area contributed by atoms with Gasteiger partial charge in [-0.2, -0.15) is 0 Å². The third kappa shape index (κ3) is 5.49. The first-order valence-corrected chi connectivity index (χ1v) is 7.54. The van der Waals surface area contributed by atoms with Crippen molar-refractivity contribution in [3.8, 4) is 5.75 Å². The zero-order chi connectivity index (χ0) is 14.8. The van der Waals surface area contributed by atoms with Gasteiger partial charge in [-0.05, 0) is 37.0 Å². The summed E-state index contributed by atoms with van der Waals surface area (Å²) in [5.41, 5.74) is 7.03. The fraction of sp³-hybridized carbons (Fsp3) is 0.625. The van der Waals surface area contributed by atoms with Crippen molar-refractivity contribution in [3.63, 3.8) is 0 Å². The Morgan fingerprint density at radius 3 is 2.45 bits per heavy atom. The van der Waals surface area contributed by atoms with E-state index in [9.17, 15) is 0 Å². The first-order chi connectivity index (χ1) is 9.74. The van der Waals surface area contributed by atoms with E-state index in [-0.39, 0.29) is 12.6 Å². The monoisotopic (exact) mass is 280 g/mol. The number of rotatable bonds is 10. The summed E-state index contributed by atoms with van der Waals surface area (Å²) in [6.07, 6.45) is 2.74. The summed E-state index contributed by atoms with van der Waals surface area (Å²) in [4.78, 5) is 0. The number of aliphatic hydroxyl groups excluding tert-OH is 1. The van der Waals surface area contributed by atoms with Crippen LogP contribution in [-0.4, -0.2) is 30.9 Å². The van der Waals surface area contributed by atoms with Gasteiger partial charge in [0, 0.05) is 25.2 Å². The van der Waals surface area contributed by atoms with Crippen LogP contribution in [0.15, 0.2) is 24.3 Å². The Bertz CT molecular complexity index is 354. The second-order valence-corrected chi connectivity index (χ2v) is 4.99. The third-order valence-electron chi connectivity index (χ3n) is 3.40. The second kappa shape index (κ2) is 9.75. The van der Waals surface area contributed by atoms with Gasteiger partial charge in [-0.3, -0.25) is 0 Å². The van der Waals surface area contributed by atoms with Crippen molar-refractivity contribution in [3.05, 3.63) is 29.8 Å². The van der Waals surface area contributed by atoms with E-state index in [1.807, 2.05) is 12.1 Å². The average Bonchev–Trinajstić information content (AvgIpc) is 2.50. The number of hydrogen-bond donors (Lipinski definition) is 3. The van der Waals surface area contributed by atoms with Crippen molar-refractivity contribution in [1.82, 2.24) is 5.32 Å². The van der Waals surface area contributed by atoms with Gasteiger partial charge in [-0.25, -0.2) is 0 Å². The summed E-state index contributed by atoms with van der Waals surface area (Å²) >= 11 is 0. The smallest absolute Gasteiger partial charge is 0.119 e. The number of aliphatic hydroxyl groups is 1. The molecular formula is C16H28N2O2. The molecule has 0 aromatic heterocycles. The average molecular weight is 280 g/mol. The molecule has 1 aromatic rings. The van der Waals surface area contributed by atoms with E-state index in [4.69, 9.17) is 15.6 Å². The first kappa shape index (κ1) is 17.0. The topological polar surface area (TPSA) is 67.5 Å². The number of nitrogens with two attached hydrogens (primary N) is 1. The van der Waals surface area contributed by atoms with Gasteiger partial charge in [0.1, 0.15) is 5.75 Å². The molecule has 1 aromatic carbocycles. The molecule has 0 saturated heterocycles. The van der Waals surface area contributed by atoms with Gasteiger partial charge in [-0.15, -0.1) is 0 Å². The Morgan fingerprint density at radius 1 is 1.25 bits per heavy atom. The third-order valence-corrected chi connectivity index (χ3v) is 3.40. The lowest BCUT2D eigenvalue weighted by Crippen LogP contribution is -2.37. The van der Waals surface area contributed by atoms with E-state index in [1.165, 1.54) is 0 Å². The Kier molecular flexibility index (Phi) is 8.26. The van der Waals surface area contributed by atoms with E-state index in [0.29, 0.717) is 12.6 Å². The number of nitrogens with one attached hydrogen (secondary N) is 1. The van der Waals surface area contributed by atoms with Crippen LogP contribution in [0, 0.1) is 0 Å². The minimum Gasteiger partial charge on any atom is -0.494 e. The van der Waals surface area contributed by atoms with Gasteiger partial charge >= 0.3 is 0 Å². The van der Waals surface area contributed by atoms with Gasteiger partial charge in [0.05, 0.1) is 6.61 Å². The molecule has 0 radical (unpaired) electrons. The first-order valence-electron chi connectivity index (χ1n) is 7.54. The lowest BCUT2D eigenvalue weighted by atomic mass is 10.0. The van der Waals surface area contributed by atoms with E-state index >= 15 is 0 Å². The molecule has 0 aliphatic heterocycles.